The van der Waals surface area contributed by atoms with E-state index in [9.17, 15) is 4.79 Å². The van der Waals surface area contributed by atoms with Gasteiger partial charge in [0.05, 0.1) is 12.6 Å². The largest absolute Gasteiger partial charge is 0.376 e. The minimum Gasteiger partial charge on any atom is -0.376 e. The number of amides is 1. The van der Waals surface area contributed by atoms with Crippen LogP contribution in [0.5, 0.6) is 0 Å². The van der Waals surface area contributed by atoms with Gasteiger partial charge in [-0.2, -0.15) is 0 Å². The Bertz CT molecular complexity index is 246. The van der Waals surface area contributed by atoms with Gasteiger partial charge in [-0.05, 0) is 19.9 Å². The molecule has 2 aliphatic rings. The second kappa shape index (κ2) is 6.33. The summed E-state index contributed by atoms with van der Waals surface area (Å²) in [4.78, 5) is 16.2. The van der Waals surface area contributed by atoms with Crippen LogP contribution >= 0.6 is 0 Å². The van der Waals surface area contributed by atoms with Gasteiger partial charge in [0.15, 0.2) is 0 Å². The Morgan fingerprint density at radius 2 is 2.12 bits per heavy atom. The van der Waals surface area contributed by atoms with Crippen molar-refractivity contribution in [2.75, 3.05) is 52.9 Å². The normalized spacial score (nSPS) is 27.2. The van der Waals surface area contributed by atoms with Crippen LogP contribution in [0.2, 0.25) is 0 Å². The summed E-state index contributed by atoms with van der Waals surface area (Å²) in [5, 5.41) is 2.96. The maximum absolute atomic E-state index is 11.7. The van der Waals surface area contributed by atoms with Gasteiger partial charge in [-0.3, -0.25) is 9.69 Å². The van der Waals surface area contributed by atoms with Crippen molar-refractivity contribution in [3.8, 4) is 0 Å². The summed E-state index contributed by atoms with van der Waals surface area (Å²) in [5.74, 6) is 0.130. The van der Waals surface area contributed by atoms with E-state index in [0.29, 0.717) is 13.1 Å². The molecular weight excluding hydrogens is 218 g/mol. The van der Waals surface area contributed by atoms with Crippen molar-refractivity contribution >= 4 is 5.91 Å². The van der Waals surface area contributed by atoms with E-state index >= 15 is 0 Å². The molecule has 0 radical (unpaired) electrons. The molecule has 2 heterocycles. The van der Waals surface area contributed by atoms with Crippen LogP contribution in [0.3, 0.4) is 0 Å². The first kappa shape index (κ1) is 12.8. The third kappa shape index (κ3) is 4.26. The molecule has 0 saturated carbocycles. The molecule has 98 valence electrons. The van der Waals surface area contributed by atoms with Gasteiger partial charge in [-0.15, -0.1) is 0 Å². The summed E-state index contributed by atoms with van der Waals surface area (Å²) in [7, 11) is 2.12. The number of likely N-dealkylation sites (N-methyl/N-ethyl adjacent to an activating group) is 1. The first-order chi connectivity index (χ1) is 8.24. The van der Waals surface area contributed by atoms with Gasteiger partial charge in [-0.25, -0.2) is 0 Å². The molecule has 0 aliphatic carbocycles. The lowest BCUT2D eigenvalue weighted by Crippen LogP contribution is -2.48. The SMILES string of the molecule is CN1CCN(CC(=O)NC[C@@H]2CCCO2)CC1. The van der Waals surface area contributed by atoms with Crippen LogP contribution < -0.4 is 5.32 Å². The molecule has 1 atom stereocenters. The summed E-state index contributed by atoms with van der Waals surface area (Å²) in [6.45, 7) is 6.14. The van der Waals surface area contributed by atoms with E-state index in [1.165, 1.54) is 0 Å². The first-order valence-electron chi connectivity index (χ1n) is 6.53. The quantitative estimate of drug-likeness (QED) is 0.723. The zero-order valence-electron chi connectivity index (χ0n) is 10.7. The number of rotatable bonds is 4. The summed E-state index contributed by atoms with van der Waals surface area (Å²) in [5.41, 5.74) is 0. The Balaban J connectivity index is 1.60. The van der Waals surface area contributed by atoms with Gasteiger partial charge < -0.3 is 15.0 Å². The van der Waals surface area contributed by atoms with E-state index in [2.05, 4.69) is 22.2 Å². The highest BCUT2D eigenvalue weighted by Crippen LogP contribution is 2.10. The molecular formula is C12H23N3O2. The molecule has 5 nitrogen and oxygen atoms in total. The van der Waals surface area contributed by atoms with Crippen molar-refractivity contribution < 1.29 is 9.53 Å². The lowest BCUT2D eigenvalue weighted by atomic mass is 10.2. The van der Waals surface area contributed by atoms with Crippen LogP contribution in [-0.2, 0) is 9.53 Å². The van der Waals surface area contributed by atoms with E-state index in [1.807, 2.05) is 0 Å². The molecule has 0 unspecified atom stereocenters. The fourth-order valence-electron chi connectivity index (χ4n) is 2.30. The van der Waals surface area contributed by atoms with Crippen LogP contribution in [0.25, 0.3) is 0 Å². The van der Waals surface area contributed by atoms with Gasteiger partial charge in [0.2, 0.25) is 5.91 Å². The molecule has 2 rings (SSSR count). The van der Waals surface area contributed by atoms with E-state index < -0.39 is 0 Å². The highest BCUT2D eigenvalue weighted by molar-refractivity contribution is 5.78. The van der Waals surface area contributed by atoms with Gasteiger partial charge >= 0.3 is 0 Å². The highest BCUT2D eigenvalue weighted by Gasteiger charge is 2.19. The lowest BCUT2D eigenvalue weighted by Gasteiger charge is -2.31. The summed E-state index contributed by atoms with van der Waals surface area (Å²) >= 11 is 0. The van der Waals surface area contributed by atoms with Gasteiger partial charge in [0.25, 0.3) is 0 Å². The monoisotopic (exact) mass is 241 g/mol. The maximum atomic E-state index is 11.7. The van der Waals surface area contributed by atoms with Gasteiger partial charge in [0, 0.05) is 39.3 Å². The van der Waals surface area contributed by atoms with Crippen LogP contribution in [0.4, 0.5) is 0 Å². The molecule has 2 saturated heterocycles. The summed E-state index contributed by atoms with van der Waals surface area (Å²) < 4.78 is 5.47. The number of piperazine rings is 1. The number of nitrogens with one attached hydrogen (secondary N) is 1. The number of ether oxygens (including phenoxy) is 1. The van der Waals surface area contributed by atoms with Crippen molar-refractivity contribution in [2.45, 2.75) is 18.9 Å². The number of carbonyl (C=O) groups is 1. The number of hydrogen-bond acceptors (Lipinski definition) is 4. The third-order valence-electron chi connectivity index (χ3n) is 3.51. The Kier molecular flexibility index (Phi) is 4.76. The van der Waals surface area contributed by atoms with E-state index in [4.69, 9.17) is 4.74 Å². The van der Waals surface area contributed by atoms with Crippen LogP contribution in [-0.4, -0.2) is 74.7 Å². The Morgan fingerprint density at radius 3 is 2.76 bits per heavy atom. The number of carbonyl (C=O) groups excluding carboxylic acids is 1. The third-order valence-corrected chi connectivity index (χ3v) is 3.51. The number of hydrogen-bond donors (Lipinski definition) is 1. The molecule has 0 aromatic rings. The molecule has 1 N–H and O–H groups in total. The van der Waals surface area contributed by atoms with E-state index in [-0.39, 0.29) is 12.0 Å². The fraction of sp³-hybridized carbons (Fsp3) is 0.917. The Morgan fingerprint density at radius 1 is 1.35 bits per heavy atom. The predicted octanol–water partition coefficient (Wildman–Crippen LogP) is -0.471. The van der Waals surface area contributed by atoms with Crippen molar-refractivity contribution in [2.24, 2.45) is 0 Å². The van der Waals surface area contributed by atoms with Crippen molar-refractivity contribution in [3.63, 3.8) is 0 Å². The minimum atomic E-state index is 0.130. The Hall–Kier alpha value is -0.650. The minimum absolute atomic E-state index is 0.130. The van der Waals surface area contributed by atoms with E-state index in [0.717, 1.165) is 45.6 Å². The fourth-order valence-corrected chi connectivity index (χ4v) is 2.30. The first-order valence-corrected chi connectivity index (χ1v) is 6.53. The average Bonchev–Trinajstić information content (AvgIpc) is 2.83. The molecule has 0 aromatic carbocycles. The lowest BCUT2D eigenvalue weighted by molar-refractivity contribution is -0.123. The van der Waals surface area contributed by atoms with Crippen LogP contribution in [0.1, 0.15) is 12.8 Å². The summed E-state index contributed by atoms with van der Waals surface area (Å²) in [6.07, 6.45) is 2.44. The molecule has 0 aromatic heterocycles. The van der Waals surface area contributed by atoms with Crippen LogP contribution in [0.15, 0.2) is 0 Å². The van der Waals surface area contributed by atoms with Crippen LogP contribution in [0, 0.1) is 0 Å². The molecule has 2 fully saturated rings. The summed E-state index contributed by atoms with van der Waals surface area (Å²) in [6, 6.07) is 0. The molecule has 2 aliphatic heterocycles. The smallest absolute Gasteiger partial charge is 0.234 e. The predicted molar refractivity (Wildman–Crippen MR) is 65.9 cm³/mol. The number of nitrogens with zero attached hydrogens (tertiary/aromatic N) is 2. The van der Waals surface area contributed by atoms with E-state index in [1.54, 1.807) is 0 Å². The maximum Gasteiger partial charge on any atom is 0.234 e. The van der Waals surface area contributed by atoms with Gasteiger partial charge in [0.1, 0.15) is 0 Å². The molecule has 1 amide bonds. The Labute approximate surface area is 103 Å². The molecule has 0 spiro atoms. The molecule has 5 heteroatoms. The second-order valence-electron chi connectivity index (χ2n) is 5.02. The zero-order valence-corrected chi connectivity index (χ0v) is 10.7. The average molecular weight is 241 g/mol. The van der Waals surface area contributed by atoms with Crippen molar-refractivity contribution in [3.05, 3.63) is 0 Å². The second-order valence-corrected chi connectivity index (χ2v) is 5.02. The van der Waals surface area contributed by atoms with Crippen molar-refractivity contribution in [1.82, 2.24) is 15.1 Å². The molecule has 17 heavy (non-hydrogen) atoms. The molecule has 0 bridgehead atoms. The standard InChI is InChI=1S/C12H23N3O2/c1-14-4-6-15(7-5-14)10-12(16)13-9-11-3-2-8-17-11/h11H,2-10H2,1H3,(H,13,16)/t11-/m0/s1. The topological polar surface area (TPSA) is 44.8 Å². The van der Waals surface area contributed by atoms with Gasteiger partial charge in [-0.1, -0.05) is 0 Å². The van der Waals surface area contributed by atoms with Crippen molar-refractivity contribution in [1.29, 1.82) is 0 Å². The zero-order chi connectivity index (χ0) is 12.1. The highest BCUT2D eigenvalue weighted by atomic mass is 16.5.